The minimum atomic E-state index is -0.136. The van der Waals surface area contributed by atoms with Crippen LogP contribution in [0.3, 0.4) is 0 Å². The highest BCUT2D eigenvalue weighted by Crippen LogP contribution is 2.30. The lowest BCUT2D eigenvalue weighted by Crippen LogP contribution is -2.12. The predicted octanol–water partition coefficient (Wildman–Crippen LogP) is 2.37. The van der Waals surface area contributed by atoms with Gasteiger partial charge < -0.3 is 15.2 Å². The van der Waals surface area contributed by atoms with Gasteiger partial charge in [0.1, 0.15) is 5.75 Å². The van der Waals surface area contributed by atoms with Crippen molar-refractivity contribution >= 4 is 23.2 Å². The number of carbonyl (C=O) groups excluding carboxylic acids is 1. The number of aryl methyl sites for hydroxylation is 1. The normalized spacial score (nSPS) is 10.1. The molecule has 5 heteroatoms. The number of anilines is 1. The fourth-order valence-corrected chi connectivity index (χ4v) is 1.64. The Morgan fingerprint density at radius 2 is 2.24 bits per heavy atom. The van der Waals surface area contributed by atoms with Crippen LogP contribution in [0.1, 0.15) is 18.4 Å². The molecule has 0 fully saturated rings. The van der Waals surface area contributed by atoms with E-state index in [0.717, 1.165) is 5.56 Å². The molecule has 4 nitrogen and oxygen atoms in total. The van der Waals surface area contributed by atoms with Crippen molar-refractivity contribution in [2.75, 3.05) is 19.0 Å². The van der Waals surface area contributed by atoms with Gasteiger partial charge in [-0.1, -0.05) is 11.6 Å². The Balaban J connectivity index is 2.78. The van der Waals surface area contributed by atoms with Crippen LogP contribution in [-0.4, -0.2) is 24.7 Å². The highest BCUT2D eigenvalue weighted by Gasteiger charge is 2.08. The maximum absolute atomic E-state index is 11.5. The maximum Gasteiger partial charge on any atom is 0.224 e. The molecule has 2 N–H and O–H groups in total. The van der Waals surface area contributed by atoms with E-state index in [2.05, 4.69) is 5.32 Å². The maximum atomic E-state index is 11.5. The van der Waals surface area contributed by atoms with Crippen LogP contribution in [-0.2, 0) is 4.79 Å². The van der Waals surface area contributed by atoms with Crippen LogP contribution in [0.5, 0.6) is 5.75 Å². The Kier molecular flexibility index (Phi) is 5.25. The van der Waals surface area contributed by atoms with Gasteiger partial charge >= 0.3 is 0 Å². The molecular formula is C12H16ClNO3. The van der Waals surface area contributed by atoms with Gasteiger partial charge in [0.2, 0.25) is 5.91 Å². The van der Waals surface area contributed by atoms with Crippen LogP contribution in [0.4, 0.5) is 5.69 Å². The first-order valence-corrected chi connectivity index (χ1v) is 5.71. The van der Waals surface area contributed by atoms with E-state index in [-0.39, 0.29) is 12.5 Å². The Morgan fingerprint density at radius 3 is 2.82 bits per heavy atom. The van der Waals surface area contributed by atoms with E-state index in [9.17, 15) is 4.79 Å². The minimum Gasteiger partial charge on any atom is -0.495 e. The summed E-state index contributed by atoms with van der Waals surface area (Å²) in [6.45, 7) is 1.87. The van der Waals surface area contributed by atoms with Crippen molar-refractivity contribution in [3.8, 4) is 5.75 Å². The summed E-state index contributed by atoms with van der Waals surface area (Å²) < 4.78 is 5.07. The molecule has 0 aromatic heterocycles. The van der Waals surface area contributed by atoms with Crippen molar-refractivity contribution in [2.24, 2.45) is 0 Å². The number of nitrogens with one attached hydrogen (secondary N) is 1. The van der Waals surface area contributed by atoms with Gasteiger partial charge in [0.05, 0.1) is 12.1 Å². The average molecular weight is 258 g/mol. The molecule has 17 heavy (non-hydrogen) atoms. The lowest BCUT2D eigenvalue weighted by atomic mass is 10.2. The first-order chi connectivity index (χ1) is 8.08. The molecular weight excluding hydrogens is 242 g/mol. The number of benzene rings is 1. The molecule has 0 saturated heterocycles. The number of hydrogen-bond donors (Lipinski definition) is 2. The largest absolute Gasteiger partial charge is 0.495 e. The van der Waals surface area contributed by atoms with Crippen LogP contribution in [0.2, 0.25) is 5.02 Å². The second kappa shape index (κ2) is 6.47. The van der Waals surface area contributed by atoms with Crippen molar-refractivity contribution < 1.29 is 14.6 Å². The van der Waals surface area contributed by atoms with Crippen molar-refractivity contribution in [1.29, 1.82) is 0 Å². The number of hydrogen-bond acceptors (Lipinski definition) is 3. The number of ether oxygens (including phenoxy) is 1. The van der Waals surface area contributed by atoms with E-state index in [0.29, 0.717) is 29.3 Å². The number of aliphatic hydroxyl groups is 1. The van der Waals surface area contributed by atoms with E-state index < -0.39 is 0 Å². The third-order valence-corrected chi connectivity index (χ3v) is 2.63. The molecule has 0 bridgehead atoms. The second-order valence-corrected chi connectivity index (χ2v) is 4.08. The molecule has 1 aromatic carbocycles. The van der Waals surface area contributed by atoms with Crippen LogP contribution in [0, 0.1) is 6.92 Å². The van der Waals surface area contributed by atoms with E-state index in [4.69, 9.17) is 21.4 Å². The molecule has 0 radical (unpaired) electrons. The molecule has 0 spiro atoms. The fraction of sp³-hybridized carbons (Fsp3) is 0.417. The molecule has 1 rings (SSSR count). The molecule has 0 heterocycles. The molecule has 0 aliphatic heterocycles. The third-order valence-electron chi connectivity index (χ3n) is 2.33. The lowest BCUT2D eigenvalue weighted by Gasteiger charge is -2.11. The number of aliphatic hydroxyl groups excluding tert-OH is 1. The van der Waals surface area contributed by atoms with Gasteiger partial charge in [0.15, 0.2) is 0 Å². The van der Waals surface area contributed by atoms with E-state index in [1.807, 2.05) is 6.92 Å². The quantitative estimate of drug-likeness (QED) is 0.851. The summed E-state index contributed by atoms with van der Waals surface area (Å²) in [5, 5.41) is 11.8. The predicted molar refractivity (Wildman–Crippen MR) is 67.7 cm³/mol. The molecule has 0 aliphatic rings. The Morgan fingerprint density at radius 1 is 1.53 bits per heavy atom. The number of methoxy groups -OCH3 is 1. The highest BCUT2D eigenvalue weighted by molar-refractivity contribution is 6.32. The monoisotopic (exact) mass is 257 g/mol. The second-order valence-electron chi connectivity index (χ2n) is 3.68. The van der Waals surface area contributed by atoms with E-state index in [1.165, 1.54) is 0 Å². The van der Waals surface area contributed by atoms with Gasteiger partial charge in [-0.05, 0) is 31.0 Å². The topological polar surface area (TPSA) is 58.6 Å². The van der Waals surface area contributed by atoms with Crippen LogP contribution >= 0.6 is 11.6 Å². The van der Waals surface area contributed by atoms with Gasteiger partial charge in [0.25, 0.3) is 0 Å². The molecule has 0 saturated carbocycles. The van der Waals surface area contributed by atoms with Gasteiger partial charge in [-0.25, -0.2) is 0 Å². The van der Waals surface area contributed by atoms with E-state index >= 15 is 0 Å². The average Bonchev–Trinajstić information content (AvgIpc) is 2.30. The van der Waals surface area contributed by atoms with Gasteiger partial charge in [-0.3, -0.25) is 4.79 Å². The fourth-order valence-electron chi connectivity index (χ4n) is 1.40. The first kappa shape index (κ1) is 13.8. The van der Waals surface area contributed by atoms with Gasteiger partial charge in [-0.15, -0.1) is 0 Å². The van der Waals surface area contributed by atoms with Crippen molar-refractivity contribution in [1.82, 2.24) is 0 Å². The molecule has 0 atom stereocenters. The smallest absolute Gasteiger partial charge is 0.224 e. The first-order valence-electron chi connectivity index (χ1n) is 5.33. The van der Waals surface area contributed by atoms with E-state index in [1.54, 1.807) is 19.2 Å². The lowest BCUT2D eigenvalue weighted by molar-refractivity contribution is -0.116. The number of rotatable bonds is 5. The zero-order chi connectivity index (χ0) is 12.8. The Hall–Kier alpha value is -1.26. The number of halogens is 1. The Bertz CT molecular complexity index is 407. The van der Waals surface area contributed by atoms with Crippen LogP contribution in [0.25, 0.3) is 0 Å². The Labute approximate surface area is 106 Å². The summed E-state index contributed by atoms with van der Waals surface area (Å²) in [6.07, 6.45) is 0.744. The molecule has 94 valence electrons. The highest BCUT2D eigenvalue weighted by atomic mass is 35.5. The summed E-state index contributed by atoms with van der Waals surface area (Å²) in [6, 6.07) is 3.43. The van der Waals surface area contributed by atoms with Crippen molar-refractivity contribution in [3.05, 3.63) is 22.7 Å². The van der Waals surface area contributed by atoms with Crippen molar-refractivity contribution in [2.45, 2.75) is 19.8 Å². The van der Waals surface area contributed by atoms with Gasteiger partial charge in [-0.2, -0.15) is 0 Å². The number of amides is 1. The summed E-state index contributed by atoms with van der Waals surface area (Å²) in [7, 11) is 1.54. The number of carbonyl (C=O) groups is 1. The molecule has 1 amide bonds. The zero-order valence-corrected chi connectivity index (χ0v) is 10.7. The molecule has 0 unspecified atom stereocenters. The molecule has 1 aromatic rings. The van der Waals surface area contributed by atoms with Gasteiger partial charge in [0, 0.05) is 18.7 Å². The minimum absolute atomic E-state index is 0.00969. The summed E-state index contributed by atoms with van der Waals surface area (Å²) >= 11 is 5.97. The SMILES string of the molecule is COc1cc(C)c(NC(=O)CCCO)cc1Cl. The van der Waals surface area contributed by atoms with Crippen LogP contribution in [0.15, 0.2) is 12.1 Å². The third kappa shape index (κ3) is 3.91. The molecule has 0 aliphatic carbocycles. The van der Waals surface area contributed by atoms with Crippen molar-refractivity contribution in [3.63, 3.8) is 0 Å². The summed E-state index contributed by atoms with van der Waals surface area (Å²) in [5.74, 6) is 0.445. The summed E-state index contributed by atoms with van der Waals surface area (Å²) in [5.41, 5.74) is 1.54. The standard InChI is InChI=1S/C12H16ClNO3/c1-8-6-11(17-2)9(13)7-10(8)14-12(16)4-3-5-15/h6-7,15H,3-5H2,1-2H3,(H,14,16). The summed E-state index contributed by atoms with van der Waals surface area (Å²) in [4.78, 5) is 11.5. The van der Waals surface area contributed by atoms with Crippen LogP contribution < -0.4 is 10.1 Å². The zero-order valence-electron chi connectivity index (χ0n) is 9.92.